The van der Waals surface area contributed by atoms with Crippen molar-refractivity contribution < 1.29 is 0 Å². The summed E-state index contributed by atoms with van der Waals surface area (Å²) in [7, 11) is 0. The number of rotatable bonds is 4. The van der Waals surface area contributed by atoms with E-state index in [1.54, 1.807) is 0 Å². The predicted octanol–water partition coefficient (Wildman–Crippen LogP) is 13.0. The molecule has 9 rings (SSSR count). The molecule has 0 N–H and O–H groups in total. The highest BCUT2D eigenvalue weighted by Crippen LogP contribution is 2.48. The third-order valence-electron chi connectivity index (χ3n) is 9.47. The number of hydrogen-bond donors (Lipinski definition) is 0. The molecule has 0 aliphatic rings. The molecule has 0 saturated carbocycles. The Labute approximate surface area is 268 Å². The lowest BCUT2D eigenvalue weighted by Crippen LogP contribution is -1.94. The van der Waals surface area contributed by atoms with Crippen molar-refractivity contribution in [3.63, 3.8) is 0 Å². The normalized spacial score (nSPS) is 11.5. The molecule has 0 unspecified atom stereocenters. The molecule has 0 spiro atoms. The van der Waals surface area contributed by atoms with Gasteiger partial charge in [0, 0.05) is 0 Å². The Kier molecular flexibility index (Phi) is 6.25. The summed E-state index contributed by atoms with van der Waals surface area (Å²) in [6, 6.07) is 66.6. The predicted molar refractivity (Wildman–Crippen MR) is 198 cm³/mol. The van der Waals surface area contributed by atoms with Gasteiger partial charge in [-0.3, -0.25) is 0 Å². The van der Waals surface area contributed by atoms with Crippen LogP contribution >= 0.6 is 0 Å². The fraction of sp³-hybridized carbons (Fsp3) is 0. The van der Waals surface area contributed by atoms with Gasteiger partial charge < -0.3 is 0 Å². The van der Waals surface area contributed by atoms with E-state index < -0.39 is 0 Å². The molecule has 0 atom stereocenters. The minimum Gasteiger partial charge on any atom is -0.0622 e. The first-order valence-electron chi connectivity index (χ1n) is 15.9. The van der Waals surface area contributed by atoms with Crippen LogP contribution in [0.4, 0.5) is 0 Å². The van der Waals surface area contributed by atoms with Gasteiger partial charge in [0.05, 0.1) is 0 Å². The molecule has 0 aliphatic carbocycles. The van der Waals surface area contributed by atoms with Crippen LogP contribution < -0.4 is 0 Å². The van der Waals surface area contributed by atoms with Crippen LogP contribution in [0.2, 0.25) is 0 Å². The maximum Gasteiger partial charge on any atom is -0.00199 e. The topological polar surface area (TPSA) is 0 Å². The lowest BCUT2D eigenvalue weighted by atomic mass is 9.82. The van der Waals surface area contributed by atoms with E-state index in [-0.39, 0.29) is 0 Å². The minimum atomic E-state index is 1.22. The van der Waals surface area contributed by atoms with Gasteiger partial charge in [0.15, 0.2) is 0 Å². The SMILES string of the molecule is c1ccc(-c2ccc3c(-c4cccc5ccccc45)c4ccccc4c(-c4ccccc4-c4cccc5ccccc45)c3c2)cc1. The summed E-state index contributed by atoms with van der Waals surface area (Å²) in [6.07, 6.45) is 0. The third-order valence-corrected chi connectivity index (χ3v) is 9.47. The first-order chi connectivity index (χ1) is 22.8. The average Bonchev–Trinajstić information content (AvgIpc) is 3.13. The molecule has 9 aromatic carbocycles. The third kappa shape index (κ3) is 4.23. The second kappa shape index (κ2) is 10.9. The first kappa shape index (κ1) is 26.4. The van der Waals surface area contributed by atoms with E-state index in [1.807, 2.05) is 0 Å². The molecule has 46 heavy (non-hydrogen) atoms. The van der Waals surface area contributed by atoms with Crippen molar-refractivity contribution >= 4 is 43.1 Å². The second-order valence-electron chi connectivity index (χ2n) is 12.0. The van der Waals surface area contributed by atoms with Crippen molar-refractivity contribution in [1.29, 1.82) is 0 Å². The molecule has 0 heterocycles. The highest BCUT2D eigenvalue weighted by atomic mass is 14.2. The Morgan fingerprint density at radius 1 is 0.217 bits per heavy atom. The Morgan fingerprint density at radius 3 is 1.37 bits per heavy atom. The second-order valence-corrected chi connectivity index (χ2v) is 12.0. The van der Waals surface area contributed by atoms with Crippen molar-refractivity contribution in [3.05, 3.63) is 182 Å². The van der Waals surface area contributed by atoms with Gasteiger partial charge in [-0.1, -0.05) is 176 Å². The quantitative estimate of drug-likeness (QED) is 0.181. The van der Waals surface area contributed by atoms with E-state index in [0.29, 0.717) is 0 Å². The van der Waals surface area contributed by atoms with Gasteiger partial charge >= 0.3 is 0 Å². The summed E-state index contributed by atoms with van der Waals surface area (Å²) in [4.78, 5) is 0. The first-order valence-corrected chi connectivity index (χ1v) is 15.9. The van der Waals surface area contributed by atoms with Crippen molar-refractivity contribution in [3.8, 4) is 44.5 Å². The van der Waals surface area contributed by atoms with Gasteiger partial charge in [-0.2, -0.15) is 0 Å². The van der Waals surface area contributed by atoms with Crippen molar-refractivity contribution in [2.45, 2.75) is 0 Å². The maximum atomic E-state index is 2.42. The van der Waals surface area contributed by atoms with Crippen molar-refractivity contribution in [1.82, 2.24) is 0 Å². The lowest BCUT2D eigenvalue weighted by molar-refractivity contribution is 1.62. The monoisotopic (exact) mass is 582 g/mol. The van der Waals surface area contributed by atoms with Crippen molar-refractivity contribution in [2.75, 3.05) is 0 Å². The summed E-state index contributed by atoms with van der Waals surface area (Å²) >= 11 is 0. The van der Waals surface area contributed by atoms with E-state index in [4.69, 9.17) is 0 Å². The standard InChI is InChI=1S/C46H30/c1-2-14-31(15-3-1)34-28-29-43-44(30-34)46(40-23-9-8-22-38(40)37-26-12-18-32-16-4-6-20-35(32)37)42-25-11-10-24-41(42)45(43)39-27-13-19-33-17-5-7-21-36(33)39/h1-30H. The van der Waals surface area contributed by atoms with Crippen molar-refractivity contribution in [2.24, 2.45) is 0 Å². The van der Waals surface area contributed by atoms with Crippen LogP contribution in [0.1, 0.15) is 0 Å². The summed E-state index contributed by atoms with van der Waals surface area (Å²) in [6.45, 7) is 0. The van der Waals surface area contributed by atoms with Crippen LogP contribution in [0, 0.1) is 0 Å². The number of hydrogen-bond acceptors (Lipinski definition) is 0. The fourth-order valence-corrected chi connectivity index (χ4v) is 7.41. The molecule has 0 aliphatic heterocycles. The van der Waals surface area contributed by atoms with Gasteiger partial charge in [-0.15, -0.1) is 0 Å². The zero-order valence-corrected chi connectivity index (χ0v) is 25.3. The van der Waals surface area contributed by atoms with Gasteiger partial charge in [-0.05, 0) is 93.7 Å². The van der Waals surface area contributed by atoms with E-state index in [9.17, 15) is 0 Å². The molecule has 0 nitrogen and oxygen atoms in total. The zero-order chi connectivity index (χ0) is 30.5. The largest absolute Gasteiger partial charge is 0.0622 e. The van der Waals surface area contributed by atoms with Gasteiger partial charge in [0.1, 0.15) is 0 Å². The molecule has 0 bridgehead atoms. The van der Waals surface area contributed by atoms with Crippen LogP contribution in [-0.4, -0.2) is 0 Å². The molecular formula is C46H30. The van der Waals surface area contributed by atoms with Gasteiger partial charge in [-0.25, -0.2) is 0 Å². The summed E-state index contributed by atoms with van der Waals surface area (Å²) in [5, 5.41) is 10.1. The fourth-order valence-electron chi connectivity index (χ4n) is 7.41. The summed E-state index contributed by atoms with van der Waals surface area (Å²) < 4.78 is 0. The number of benzene rings is 9. The lowest BCUT2D eigenvalue weighted by Gasteiger charge is -2.21. The van der Waals surface area contributed by atoms with Crippen LogP contribution in [0.5, 0.6) is 0 Å². The molecule has 0 fully saturated rings. The molecule has 0 radical (unpaired) electrons. The van der Waals surface area contributed by atoms with E-state index >= 15 is 0 Å². The maximum absolute atomic E-state index is 2.42. The Hall–Kier alpha value is -5.98. The van der Waals surface area contributed by atoms with E-state index in [2.05, 4.69) is 182 Å². The molecule has 0 aromatic heterocycles. The minimum absolute atomic E-state index is 1.22. The molecular weight excluding hydrogens is 553 g/mol. The number of fused-ring (bicyclic) bond motifs is 4. The van der Waals surface area contributed by atoms with Gasteiger partial charge in [0.25, 0.3) is 0 Å². The highest BCUT2D eigenvalue weighted by Gasteiger charge is 2.21. The summed E-state index contributed by atoms with van der Waals surface area (Å²) in [5.41, 5.74) is 10.0. The zero-order valence-electron chi connectivity index (χ0n) is 25.3. The smallest absolute Gasteiger partial charge is 0.00199 e. The molecule has 214 valence electrons. The highest BCUT2D eigenvalue weighted by molar-refractivity contribution is 6.25. The average molecular weight is 583 g/mol. The van der Waals surface area contributed by atoms with E-state index in [1.165, 1.54) is 87.6 Å². The molecule has 9 aromatic rings. The van der Waals surface area contributed by atoms with Crippen LogP contribution in [0.25, 0.3) is 87.6 Å². The van der Waals surface area contributed by atoms with Crippen LogP contribution in [0.15, 0.2) is 182 Å². The van der Waals surface area contributed by atoms with Crippen LogP contribution in [-0.2, 0) is 0 Å². The molecule has 0 saturated heterocycles. The Bertz CT molecular complexity index is 2560. The summed E-state index contributed by atoms with van der Waals surface area (Å²) in [5.74, 6) is 0. The van der Waals surface area contributed by atoms with E-state index in [0.717, 1.165) is 0 Å². The van der Waals surface area contributed by atoms with Gasteiger partial charge in [0.2, 0.25) is 0 Å². The molecule has 0 heteroatoms. The Morgan fingerprint density at radius 2 is 0.674 bits per heavy atom. The Balaban J connectivity index is 1.45. The van der Waals surface area contributed by atoms with Crippen LogP contribution in [0.3, 0.4) is 0 Å². The molecule has 0 amide bonds.